The van der Waals surface area contributed by atoms with E-state index in [0.29, 0.717) is 0 Å². The normalized spacial score (nSPS) is 11.9. The third kappa shape index (κ3) is 2.21. The first-order valence-electron chi connectivity index (χ1n) is 9.70. The van der Waals surface area contributed by atoms with E-state index in [1.807, 2.05) is 0 Å². The summed E-state index contributed by atoms with van der Waals surface area (Å²) < 4.78 is 0. The summed E-state index contributed by atoms with van der Waals surface area (Å²) in [4.78, 5) is 7.07. The van der Waals surface area contributed by atoms with Gasteiger partial charge in [0.2, 0.25) is 0 Å². The number of aryl methyl sites for hydroxylation is 2. The lowest BCUT2D eigenvalue weighted by Crippen LogP contribution is -1.79. The highest BCUT2D eigenvalue weighted by Gasteiger charge is 2.09. The molecule has 2 aromatic heterocycles. The van der Waals surface area contributed by atoms with Crippen molar-refractivity contribution in [2.24, 2.45) is 0 Å². The lowest BCUT2D eigenvalue weighted by atomic mass is 10.00. The van der Waals surface area contributed by atoms with Crippen LogP contribution in [0.15, 0.2) is 72.8 Å². The van der Waals surface area contributed by atoms with Crippen molar-refractivity contribution in [2.75, 3.05) is 0 Å². The Hall–Kier alpha value is -3.52. The summed E-state index contributed by atoms with van der Waals surface area (Å²) >= 11 is 0. The van der Waals surface area contributed by atoms with Gasteiger partial charge in [0.15, 0.2) is 0 Å². The fourth-order valence-electron chi connectivity index (χ4n) is 4.38. The molecule has 28 heavy (non-hydrogen) atoms. The standard InChI is InChI=1S/C26H20N2/c1-15-3-7-23-19(11-15)21-13-17(5-9-25(21)27-23)18-6-10-26-22(14-18)20-12-16(2)4-8-24(20)28-26/h3-14,27-28H,1-2H3. The molecule has 6 rings (SSSR count). The van der Waals surface area contributed by atoms with Crippen molar-refractivity contribution in [1.82, 2.24) is 9.97 Å². The maximum atomic E-state index is 3.53. The van der Waals surface area contributed by atoms with E-state index in [2.05, 4.69) is 96.6 Å². The number of fused-ring (bicyclic) bond motifs is 6. The third-order valence-electron chi connectivity index (χ3n) is 5.84. The molecule has 0 radical (unpaired) electrons. The summed E-state index contributed by atoms with van der Waals surface area (Å²) in [5.41, 5.74) is 9.84. The topological polar surface area (TPSA) is 31.6 Å². The molecule has 0 fully saturated rings. The lowest BCUT2D eigenvalue weighted by molar-refractivity contribution is 1.48. The molecule has 0 aliphatic rings. The zero-order valence-corrected chi connectivity index (χ0v) is 15.9. The Morgan fingerprint density at radius 2 is 0.786 bits per heavy atom. The number of rotatable bonds is 1. The second-order valence-electron chi connectivity index (χ2n) is 7.87. The van der Waals surface area contributed by atoms with E-state index in [0.717, 1.165) is 0 Å². The van der Waals surface area contributed by atoms with Crippen molar-refractivity contribution in [3.63, 3.8) is 0 Å². The maximum absolute atomic E-state index is 3.53. The van der Waals surface area contributed by atoms with Gasteiger partial charge in [-0.3, -0.25) is 0 Å². The number of hydrogen-bond donors (Lipinski definition) is 2. The predicted molar refractivity (Wildman–Crippen MR) is 120 cm³/mol. The Labute approximate surface area is 162 Å². The van der Waals surface area contributed by atoms with E-state index in [9.17, 15) is 0 Å². The van der Waals surface area contributed by atoms with Crippen LogP contribution in [0.25, 0.3) is 54.7 Å². The molecule has 0 spiro atoms. The van der Waals surface area contributed by atoms with Crippen molar-refractivity contribution in [3.8, 4) is 11.1 Å². The largest absolute Gasteiger partial charge is 0.355 e. The van der Waals surface area contributed by atoms with Gasteiger partial charge in [-0.25, -0.2) is 0 Å². The second-order valence-corrected chi connectivity index (χ2v) is 7.87. The van der Waals surface area contributed by atoms with Gasteiger partial charge in [0.1, 0.15) is 0 Å². The fraction of sp³-hybridized carbons (Fsp3) is 0.0769. The van der Waals surface area contributed by atoms with Gasteiger partial charge in [-0.15, -0.1) is 0 Å². The van der Waals surface area contributed by atoms with Crippen LogP contribution >= 0.6 is 0 Å². The highest BCUT2D eigenvalue weighted by atomic mass is 14.7. The third-order valence-corrected chi connectivity index (χ3v) is 5.84. The van der Waals surface area contributed by atoms with Crippen LogP contribution in [-0.2, 0) is 0 Å². The molecule has 0 amide bonds. The minimum atomic E-state index is 1.19. The molecule has 6 aromatic rings. The van der Waals surface area contributed by atoms with Gasteiger partial charge in [0.05, 0.1) is 0 Å². The van der Waals surface area contributed by atoms with E-state index in [-0.39, 0.29) is 0 Å². The van der Waals surface area contributed by atoms with Gasteiger partial charge in [-0.2, -0.15) is 0 Å². The van der Waals surface area contributed by atoms with Crippen LogP contribution in [0.3, 0.4) is 0 Å². The molecule has 0 saturated carbocycles. The molecule has 0 unspecified atom stereocenters. The number of aromatic amines is 2. The van der Waals surface area contributed by atoms with Gasteiger partial charge in [0, 0.05) is 43.6 Å². The van der Waals surface area contributed by atoms with Crippen LogP contribution in [0.4, 0.5) is 0 Å². The minimum absolute atomic E-state index is 1.19. The molecule has 0 aliphatic heterocycles. The number of aromatic nitrogens is 2. The number of benzene rings is 4. The van der Waals surface area contributed by atoms with Crippen molar-refractivity contribution in [2.45, 2.75) is 13.8 Å². The summed E-state index contributed by atoms with van der Waals surface area (Å²) in [6.45, 7) is 4.30. The molecule has 0 aliphatic carbocycles. The van der Waals surface area contributed by atoms with E-state index in [1.54, 1.807) is 0 Å². The van der Waals surface area contributed by atoms with E-state index >= 15 is 0 Å². The van der Waals surface area contributed by atoms with Crippen LogP contribution in [0, 0.1) is 13.8 Å². The van der Waals surface area contributed by atoms with Crippen LogP contribution in [0.2, 0.25) is 0 Å². The van der Waals surface area contributed by atoms with Crippen molar-refractivity contribution >= 4 is 43.6 Å². The quantitative estimate of drug-likeness (QED) is 0.310. The molecular weight excluding hydrogens is 340 g/mol. The van der Waals surface area contributed by atoms with Gasteiger partial charge in [0.25, 0.3) is 0 Å². The lowest BCUT2D eigenvalue weighted by Gasteiger charge is -2.04. The van der Waals surface area contributed by atoms with Crippen LogP contribution < -0.4 is 0 Å². The van der Waals surface area contributed by atoms with Gasteiger partial charge in [-0.1, -0.05) is 35.4 Å². The molecule has 134 valence electrons. The number of nitrogens with one attached hydrogen (secondary N) is 2. The summed E-state index contributed by atoms with van der Waals surface area (Å²) in [6, 6.07) is 26.6. The Bertz CT molecular complexity index is 1410. The number of H-pyrrole nitrogens is 2. The maximum Gasteiger partial charge on any atom is 0.0465 e. The molecule has 2 heterocycles. The molecule has 0 bridgehead atoms. The molecular formula is C26H20N2. The Morgan fingerprint density at radius 3 is 1.21 bits per heavy atom. The van der Waals surface area contributed by atoms with Crippen LogP contribution in [-0.4, -0.2) is 9.97 Å². The summed E-state index contributed by atoms with van der Waals surface area (Å²) in [6.07, 6.45) is 0. The second kappa shape index (κ2) is 5.49. The first-order chi connectivity index (χ1) is 13.7. The average molecular weight is 360 g/mol. The van der Waals surface area contributed by atoms with E-state index < -0.39 is 0 Å². The van der Waals surface area contributed by atoms with Gasteiger partial charge >= 0.3 is 0 Å². The summed E-state index contributed by atoms with van der Waals surface area (Å²) in [5.74, 6) is 0. The predicted octanol–water partition coefficient (Wildman–Crippen LogP) is 7.24. The monoisotopic (exact) mass is 360 g/mol. The molecule has 2 N–H and O–H groups in total. The van der Waals surface area contributed by atoms with Crippen LogP contribution in [0.1, 0.15) is 11.1 Å². The Morgan fingerprint density at radius 1 is 0.429 bits per heavy atom. The first-order valence-corrected chi connectivity index (χ1v) is 9.70. The molecule has 0 atom stereocenters. The smallest absolute Gasteiger partial charge is 0.0465 e. The highest BCUT2D eigenvalue weighted by molar-refractivity contribution is 6.10. The molecule has 2 heteroatoms. The fourth-order valence-corrected chi connectivity index (χ4v) is 4.38. The minimum Gasteiger partial charge on any atom is -0.355 e. The number of hydrogen-bond acceptors (Lipinski definition) is 0. The Balaban J connectivity index is 1.60. The summed E-state index contributed by atoms with van der Waals surface area (Å²) in [7, 11) is 0. The molecule has 0 saturated heterocycles. The summed E-state index contributed by atoms with van der Waals surface area (Å²) in [5, 5.41) is 5.15. The van der Waals surface area contributed by atoms with Crippen LogP contribution in [0.5, 0.6) is 0 Å². The Kier molecular flexibility index (Phi) is 3.05. The SMILES string of the molecule is Cc1ccc2[nH]c3ccc(-c4ccc5[nH]c6ccc(C)cc6c5c4)cc3c2c1. The van der Waals surface area contributed by atoms with E-state index in [1.165, 1.54) is 65.9 Å². The van der Waals surface area contributed by atoms with E-state index in [4.69, 9.17) is 0 Å². The van der Waals surface area contributed by atoms with Gasteiger partial charge < -0.3 is 9.97 Å². The molecule has 4 aromatic carbocycles. The highest BCUT2D eigenvalue weighted by Crippen LogP contribution is 2.34. The zero-order chi connectivity index (χ0) is 18.8. The first kappa shape index (κ1) is 15.5. The van der Waals surface area contributed by atoms with Crippen molar-refractivity contribution in [1.29, 1.82) is 0 Å². The van der Waals surface area contributed by atoms with Crippen molar-refractivity contribution in [3.05, 3.63) is 83.9 Å². The zero-order valence-electron chi connectivity index (χ0n) is 15.9. The average Bonchev–Trinajstić information content (AvgIpc) is 3.24. The van der Waals surface area contributed by atoms with Crippen molar-refractivity contribution < 1.29 is 0 Å². The van der Waals surface area contributed by atoms with Gasteiger partial charge in [-0.05, 0) is 73.5 Å². The molecule has 2 nitrogen and oxygen atoms in total.